The third-order valence-corrected chi connectivity index (χ3v) is 2.94. The molecule has 13 heavy (non-hydrogen) atoms. The highest BCUT2D eigenvalue weighted by Crippen LogP contribution is 2.16. The molecule has 1 heterocycles. The lowest BCUT2D eigenvalue weighted by molar-refractivity contribution is -0.141. The highest BCUT2D eigenvalue weighted by atomic mass is 16.2. The maximum absolute atomic E-state index is 11.6. The van der Waals surface area contributed by atoms with E-state index in [1.807, 2.05) is 11.8 Å². The van der Waals surface area contributed by atoms with Crippen LogP contribution in [0, 0.1) is 5.92 Å². The van der Waals surface area contributed by atoms with E-state index < -0.39 is 0 Å². The Hall–Kier alpha value is -0.570. The predicted octanol–water partition coefficient (Wildman–Crippen LogP) is 0.805. The molecule has 0 saturated carbocycles. The average Bonchev–Trinajstić information content (AvgIpc) is 1.99. The number of hydrogen-bond acceptors (Lipinski definition) is 2. The maximum Gasteiger partial charge on any atom is 0.225 e. The summed E-state index contributed by atoms with van der Waals surface area (Å²) in [5.74, 6) is 0.517. The number of hydrogen-bond donors (Lipinski definition) is 0. The summed E-state index contributed by atoms with van der Waals surface area (Å²) in [7, 11) is 4.13. The third-order valence-electron chi connectivity index (χ3n) is 2.94. The van der Waals surface area contributed by atoms with Gasteiger partial charge >= 0.3 is 0 Å². The van der Waals surface area contributed by atoms with Crippen LogP contribution in [0.25, 0.3) is 0 Å². The van der Waals surface area contributed by atoms with E-state index in [9.17, 15) is 4.79 Å². The fraction of sp³-hybridized carbons (Fsp3) is 0.900. The molecule has 1 aliphatic heterocycles. The summed E-state index contributed by atoms with van der Waals surface area (Å²) in [5, 5.41) is 0. The third kappa shape index (κ3) is 2.21. The second kappa shape index (κ2) is 4.09. The van der Waals surface area contributed by atoms with Gasteiger partial charge in [-0.2, -0.15) is 0 Å². The van der Waals surface area contributed by atoms with Crippen molar-refractivity contribution in [3.63, 3.8) is 0 Å². The molecule has 1 aliphatic rings. The van der Waals surface area contributed by atoms with Crippen molar-refractivity contribution in [1.82, 2.24) is 9.80 Å². The van der Waals surface area contributed by atoms with Crippen LogP contribution in [0.1, 0.15) is 20.3 Å². The Bertz CT molecular complexity index is 185. The van der Waals surface area contributed by atoms with Gasteiger partial charge in [0.05, 0.1) is 0 Å². The minimum absolute atomic E-state index is 0.197. The van der Waals surface area contributed by atoms with Crippen molar-refractivity contribution < 1.29 is 4.79 Å². The summed E-state index contributed by atoms with van der Waals surface area (Å²) >= 11 is 0. The van der Waals surface area contributed by atoms with Crippen LogP contribution in [0.15, 0.2) is 0 Å². The van der Waals surface area contributed by atoms with E-state index in [-0.39, 0.29) is 5.92 Å². The molecule has 1 amide bonds. The fourth-order valence-electron chi connectivity index (χ4n) is 1.45. The van der Waals surface area contributed by atoms with Crippen LogP contribution < -0.4 is 0 Å². The normalized spacial score (nSPS) is 20.2. The summed E-state index contributed by atoms with van der Waals surface area (Å²) in [6.45, 7) is 5.89. The first-order chi connectivity index (χ1) is 6.06. The highest BCUT2D eigenvalue weighted by Gasteiger charge is 2.33. The number of carbonyl (C=O) groups is 1. The second-order valence-electron chi connectivity index (χ2n) is 4.17. The molecule has 1 fully saturated rings. The van der Waals surface area contributed by atoms with Crippen molar-refractivity contribution in [3.05, 3.63) is 0 Å². The second-order valence-corrected chi connectivity index (χ2v) is 4.17. The van der Waals surface area contributed by atoms with Gasteiger partial charge in [0.2, 0.25) is 5.91 Å². The molecule has 0 aromatic carbocycles. The molecule has 1 unspecified atom stereocenters. The van der Waals surface area contributed by atoms with E-state index in [1.165, 1.54) is 0 Å². The Labute approximate surface area is 80.7 Å². The molecule has 0 aromatic rings. The van der Waals surface area contributed by atoms with Crippen molar-refractivity contribution in [1.29, 1.82) is 0 Å². The number of rotatable bonds is 3. The topological polar surface area (TPSA) is 23.6 Å². The molecule has 0 radical (unpaired) electrons. The van der Waals surface area contributed by atoms with Crippen LogP contribution in [0.5, 0.6) is 0 Å². The zero-order chi connectivity index (χ0) is 10.0. The van der Waals surface area contributed by atoms with Gasteiger partial charge in [0.1, 0.15) is 0 Å². The monoisotopic (exact) mass is 184 g/mol. The van der Waals surface area contributed by atoms with Crippen LogP contribution in [-0.2, 0) is 4.79 Å². The summed E-state index contributed by atoms with van der Waals surface area (Å²) in [4.78, 5) is 15.8. The number of amides is 1. The number of likely N-dealkylation sites (N-methyl/N-ethyl adjacent to an activating group) is 1. The molecule has 3 nitrogen and oxygen atoms in total. The number of carbonyl (C=O) groups excluding carboxylic acids is 1. The molecule has 0 N–H and O–H groups in total. The van der Waals surface area contributed by atoms with E-state index in [4.69, 9.17) is 0 Å². The zero-order valence-corrected chi connectivity index (χ0v) is 9.08. The van der Waals surface area contributed by atoms with E-state index >= 15 is 0 Å². The Balaban J connectivity index is 2.31. The molecule has 3 heteroatoms. The molecule has 1 saturated heterocycles. The van der Waals surface area contributed by atoms with Crippen LogP contribution in [0.4, 0.5) is 0 Å². The molecular formula is C10H20N2O. The van der Waals surface area contributed by atoms with Crippen molar-refractivity contribution in [3.8, 4) is 0 Å². The molecule has 1 atom stereocenters. The minimum Gasteiger partial charge on any atom is -0.339 e. The largest absolute Gasteiger partial charge is 0.339 e. The molecule has 76 valence electrons. The lowest BCUT2D eigenvalue weighted by Crippen LogP contribution is -2.60. The van der Waals surface area contributed by atoms with E-state index in [0.717, 1.165) is 19.5 Å². The summed E-state index contributed by atoms with van der Waals surface area (Å²) in [5.41, 5.74) is 0. The number of likely N-dealkylation sites (tertiary alicyclic amines) is 1. The van der Waals surface area contributed by atoms with Gasteiger partial charge in [0, 0.05) is 25.0 Å². The summed E-state index contributed by atoms with van der Waals surface area (Å²) in [6.07, 6.45) is 0.946. The molecule has 0 aromatic heterocycles. The molecule has 0 bridgehead atoms. The number of nitrogens with zero attached hydrogens (tertiary/aromatic N) is 2. The van der Waals surface area contributed by atoms with Crippen LogP contribution >= 0.6 is 0 Å². The van der Waals surface area contributed by atoms with Gasteiger partial charge in [-0.3, -0.25) is 4.79 Å². The van der Waals surface area contributed by atoms with Crippen LogP contribution in [-0.4, -0.2) is 48.9 Å². The Morgan fingerprint density at radius 3 is 2.46 bits per heavy atom. The van der Waals surface area contributed by atoms with Crippen molar-refractivity contribution >= 4 is 5.91 Å². The van der Waals surface area contributed by atoms with E-state index in [1.54, 1.807) is 0 Å². The Morgan fingerprint density at radius 1 is 1.54 bits per heavy atom. The van der Waals surface area contributed by atoms with Crippen LogP contribution in [0.2, 0.25) is 0 Å². The van der Waals surface area contributed by atoms with Gasteiger partial charge in [0.25, 0.3) is 0 Å². The fourth-order valence-corrected chi connectivity index (χ4v) is 1.45. The quantitative estimate of drug-likeness (QED) is 0.648. The lowest BCUT2D eigenvalue weighted by Gasteiger charge is -2.43. The highest BCUT2D eigenvalue weighted by molar-refractivity contribution is 5.79. The average molecular weight is 184 g/mol. The zero-order valence-electron chi connectivity index (χ0n) is 9.08. The summed E-state index contributed by atoms with van der Waals surface area (Å²) < 4.78 is 0. The lowest BCUT2D eigenvalue weighted by atomic mass is 10.0. The minimum atomic E-state index is 0.197. The van der Waals surface area contributed by atoms with Crippen molar-refractivity contribution in [2.24, 2.45) is 5.92 Å². The summed E-state index contributed by atoms with van der Waals surface area (Å²) in [6, 6.07) is 0.577. The molecule has 0 aliphatic carbocycles. The smallest absolute Gasteiger partial charge is 0.225 e. The van der Waals surface area contributed by atoms with E-state index in [2.05, 4.69) is 25.9 Å². The van der Waals surface area contributed by atoms with E-state index in [0.29, 0.717) is 11.9 Å². The van der Waals surface area contributed by atoms with Crippen molar-refractivity contribution in [2.45, 2.75) is 26.3 Å². The Morgan fingerprint density at radius 2 is 2.08 bits per heavy atom. The standard InChI is InChI=1S/C10H20N2O/c1-5-8(2)10(13)12-6-9(7-12)11(3)4/h8-9H,5-7H2,1-4H3. The van der Waals surface area contributed by atoms with Gasteiger partial charge < -0.3 is 9.80 Å². The van der Waals surface area contributed by atoms with Gasteiger partial charge in [-0.15, -0.1) is 0 Å². The first kappa shape index (κ1) is 10.5. The van der Waals surface area contributed by atoms with Gasteiger partial charge in [-0.25, -0.2) is 0 Å². The first-order valence-corrected chi connectivity index (χ1v) is 5.01. The van der Waals surface area contributed by atoms with Crippen molar-refractivity contribution in [2.75, 3.05) is 27.2 Å². The molecule has 1 rings (SSSR count). The predicted molar refractivity (Wildman–Crippen MR) is 53.5 cm³/mol. The maximum atomic E-state index is 11.6. The van der Waals surface area contributed by atoms with Gasteiger partial charge in [0.15, 0.2) is 0 Å². The molecular weight excluding hydrogens is 164 g/mol. The molecule has 0 spiro atoms. The Kier molecular flexibility index (Phi) is 3.31. The SMILES string of the molecule is CCC(C)C(=O)N1CC(N(C)C)C1. The van der Waals surface area contributed by atoms with Crippen LogP contribution in [0.3, 0.4) is 0 Å². The van der Waals surface area contributed by atoms with Gasteiger partial charge in [-0.1, -0.05) is 13.8 Å². The van der Waals surface area contributed by atoms with Gasteiger partial charge in [-0.05, 0) is 20.5 Å². The first-order valence-electron chi connectivity index (χ1n) is 5.01.